The van der Waals surface area contributed by atoms with E-state index >= 15 is 0 Å². The van der Waals surface area contributed by atoms with E-state index in [9.17, 15) is 0 Å². The highest BCUT2D eigenvalue weighted by Crippen LogP contribution is 2.38. The van der Waals surface area contributed by atoms with Crippen LogP contribution in [-0.2, 0) is 11.5 Å². The summed E-state index contributed by atoms with van der Waals surface area (Å²) in [6, 6.07) is 0. The molecular weight excluding hydrogens is 212 g/mol. The Morgan fingerprint density at radius 3 is 3.00 bits per heavy atom. The summed E-state index contributed by atoms with van der Waals surface area (Å²) in [6.07, 6.45) is 0. The maximum Gasteiger partial charge on any atom is 0.119 e. The van der Waals surface area contributed by atoms with E-state index in [4.69, 9.17) is 4.42 Å². The molecule has 2 rings (SSSR count). The van der Waals surface area contributed by atoms with Gasteiger partial charge < -0.3 is 4.42 Å². The summed E-state index contributed by atoms with van der Waals surface area (Å²) >= 11 is 5.40. The molecule has 0 saturated heterocycles. The number of thioether (sulfide) groups is 1. The maximum absolute atomic E-state index is 5.49. The Morgan fingerprint density at radius 2 is 2.30 bits per heavy atom. The van der Waals surface area contributed by atoms with E-state index in [0.29, 0.717) is 0 Å². The highest BCUT2D eigenvalue weighted by Gasteiger charge is 2.20. The largest absolute Gasteiger partial charge is 0.464 e. The van der Waals surface area contributed by atoms with Crippen LogP contribution in [0.5, 0.6) is 0 Å². The highest BCUT2D eigenvalue weighted by molar-refractivity contribution is 9.10. The van der Waals surface area contributed by atoms with Gasteiger partial charge >= 0.3 is 0 Å². The zero-order valence-electron chi connectivity index (χ0n) is 5.61. The van der Waals surface area contributed by atoms with Crippen molar-refractivity contribution in [2.75, 3.05) is 0 Å². The van der Waals surface area contributed by atoms with Crippen molar-refractivity contribution < 1.29 is 4.42 Å². The Labute approximate surface area is 72.3 Å². The Morgan fingerprint density at radius 1 is 1.50 bits per heavy atom. The van der Waals surface area contributed by atoms with Crippen LogP contribution in [0.3, 0.4) is 0 Å². The van der Waals surface area contributed by atoms with Crippen LogP contribution < -0.4 is 0 Å². The van der Waals surface area contributed by atoms with Crippen molar-refractivity contribution in [3.63, 3.8) is 0 Å². The van der Waals surface area contributed by atoms with E-state index in [-0.39, 0.29) is 0 Å². The molecule has 10 heavy (non-hydrogen) atoms. The second-order valence-electron chi connectivity index (χ2n) is 2.37. The zero-order valence-corrected chi connectivity index (χ0v) is 8.01. The van der Waals surface area contributed by atoms with Crippen LogP contribution in [-0.4, -0.2) is 0 Å². The summed E-state index contributed by atoms with van der Waals surface area (Å²) in [5.41, 5.74) is 1.36. The van der Waals surface area contributed by atoms with Crippen molar-refractivity contribution in [1.82, 2.24) is 0 Å². The molecule has 0 aliphatic carbocycles. The summed E-state index contributed by atoms with van der Waals surface area (Å²) in [4.78, 5) is 0. The molecule has 0 radical (unpaired) electrons. The van der Waals surface area contributed by atoms with Crippen molar-refractivity contribution in [1.29, 1.82) is 0 Å². The molecule has 0 spiro atoms. The Balaban J connectivity index is 2.59. The van der Waals surface area contributed by atoms with Crippen LogP contribution in [0, 0.1) is 6.92 Å². The minimum atomic E-state index is 1.02. The van der Waals surface area contributed by atoms with Crippen LogP contribution in [0.2, 0.25) is 0 Å². The van der Waals surface area contributed by atoms with Gasteiger partial charge in [0.15, 0.2) is 0 Å². The number of hydrogen-bond donors (Lipinski definition) is 0. The second-order valence-corrected chi connectivity index (χ2v) is 4.15. The van der Waals surface area contributed by atoms with Gasteiger partial charge in [-0.3, -0.25) is 0 Å². The molecule has 1 aromatic heterocycles. The molecule has 1 aromatic rings. The van der Waals surface area contributed by atoms with Gasteiger partial charge in [0, 0.05) is 11.3 Å². The molecule has 0 unspecified atom stereocenters. The van der Waals surface area contributed by atoms with Gasteiger partial charge in [-0.25, -0.2) is 0 Å². The fourth-order valence-electron chi connectivity index (χ4n) is 1.13. The molecule has 0 saturated carbocycles. The van der Waals surface area contributed by atoms with E-state index < -0.39 is 0 Å². The molecular formula is C7H7BrOS. The van der Waals surface area contributed by atoms with Gasteiger partial charge in [-0.1, -0.05) is 0 Å². The van der Waals surface area contributed by atoms with Gasteiger partial charge in [0.1, 0.15) is 11.5 Å². The SMILES string of the molecule is Cc1oc2c(c1Br)CSC2. The van der Waals surface area contributed by atoms with Crippen molar-refractivity contribution in [2.24, 2.45) is 0 Å². The van der Waals surface area contributed by atoms with E-state index in [2.05, 4.69) is 15.9 Å². The molecule has 1 aliphatic rings. The third-order valence-corrected chi connectivity index (χ3v) is 3.66. The number of hydrogen-bond acceptors (Lipinski definition) is 2. The molecule has 0 aromatic carbocycles. The first kappa shape index (κ1) is 6.80. The van der Waals surface area contributed by atoms with Crippen molar-refractivity contribution in [3.8, 4) is 0 Å². The number of halogens is 1. The van der Waals surface area contributed by atoms with Gasteiger partial charge in [0.05, 0.1) is 10.2 Å². The molecule has 0 amide bonds. The van der Waals surface area contributed by atoms with Crippen molar-refractivity contribution in [2.45, 2.75) is 18.4 Å². The van der Waals surface area contributed by atoms with Crippen LogP contribution in [0.25, 0.3) is 0 Å². The Bertz CT molecular complexity index is 267. The Hall–Kier alpha value is 0.110. The van der Waals surface area contributed by atoms with Crippen LogP contribution >= 0.6 is 27.7 Å². The quantitative estimate of drug-likeness (QED) is 0.665. The number of fused-ring (bicyclic) bond motifs is 1. The lowest BCUT2D eigenvalue weighted by atomic mass is 10.3. The van der Waals surface area contributed by atoms with Gasteiger partial charge in [-0.2, -0.15) is 0 Å². The van der Waals surface area contributed by atoms with E-state index in [1.165, 1.54) is 10.0 Å². The lowest BCUT2D eigenvalue weighted by Gasteiger charge is -1.87. The van der Waals surface area contributed by atoms with Gasteiger partial charge in [-0.05, 0) is 22.9 Å². The lowest BCUT2D eigenvalue weighted by Crippen LogP contribution is -1.71. The molecule has 0 bridgehead atoms. The topological polar surface area (TPSA) is 13.1 Å². The summed E-state index contributed by atoms with van der Waals surface area (Å²) in [5.74, 6) is 4.33. The molecule has 1 nitrogen and oxygen atoms in total. The first-order valence-electron chi connectivity index (χ1n) is 3.13. The normalized spacial score (nSPS) is 15.8. The minimum absolute atomic E-state index is 1.02. The predicted molar refractivity (Wildman–Crippen MR) is 46.1 cm³/mol. The van der Waals surface area contributed by atoms with Crippen molar-refractivity contribution >= 4 is 27.7 Å². The van der Waals surface area contributed by atoms with Crippen LogP contribution in [0.15, 0.2) is 8.89 Å². The molecule has 1 aliphatic heterocycles. The van der Waals surface area contributed by atoms with E-state index in [0.717, 1.165) is 23.0 Å². The van der Waals surface area contributed by atoms with Gasteiger partial charge in [0.2, 0.25) is 0 Å². The third-order valence-electron chi connectivity index (χ3n) is 1.67. The predicted octanol–water partition coefficient (Wildman–Crippen LogP) is 3.10. The zero-order chi connectivity index (χ0) is 7.14. The summed E-state index contributed by atoms with van der Waals surface area (Å²) < 4.78 is 6.66. The molecule has 0 fully saturated rings. The maximum atomic E-state index is 5.49. The number of furan rings is 1. The van der Waals surface area contributed by atoms with Gasteiger partial charge in [0.25, 0.3) is 0 Å². The van der Waals surface area contributed by atoms with Crippen LogP contribution in [0.1, 0.15) is 17.1 Å². The van der Waals surface area contributed by atoms with Gasteiger partial charge in [-0.15, -0.1) is 11.8 Å². The lowest BCUT2D eigenvalue weighted by molar-refractivity contribution is 0.499. The molecule has 2 heterocycles. The number of aryl methyl sites for hydroxylation is 1. The first-order chi connectivity index (χ1) is 4.79. The smallest absolute Gasteiger partial charge is 0.119 e. The second kappa shape index (κ2) is 2.31. The van der Waals surface area contributed by atoms with Crippen molar-refractivity contribution in [3.05, 3.63) is 21.6 Å². The first-order valence-corrected chi connectivity index (χ1v) is 5.08. The Kier molecular flexibility index (Phi) is 1.57. The summed E-state index contributed by atoms with van der Waals surface area (Å²) in [7, 11) is 0. The number of rotatable bonds is 0. The average molecular weight is 219 g/mol. The highest BCUT2D eigenvalue weighted by atomic mass is 79.9. The fraction of sp³-hybridized carbons (Fsp3) is 0.429. The monoisotopic (exact) mass is 218 g/mol. The van der Waals surface area contributed by atoms with E-state index in [1.54, 1.807) is 0 Å². The average Bonchev–Trinajstić information content (AvgIpc) is 2.41. The third kappa shape index (κ3) is 0.839. The standard InChI is InChI=1S/C7H7BrOS/c1-4-7(8)5-2-10-3-6(5)9-4/h2-3H2,1H3. The summed E-state index contributed by atoms with van der Waals surface area (Å²) in [5, 5.41) is 0. The van der Waals surface area contributed by atoms with Crippen LogP contribution in [0.4, 0.5) is 0 Å². The summed E-state index contributed by atoms with van der Waals surface area (Å²) in [6.45, 7) is 1.99. The molecule has 54 valence electrons. The molecule has 3 heteroatoms. The molecule has 0 N–H and O–H groups in total. The van der Waals surface area contributed by atoms with E-state index in [1.807, 2.05) is 18.7 Å². The minimum Gasteiger partial charge on any atom is -0.464 e. The fourth-order valence-corrected chi connectivity index (χ4v) is 2.79. The molecule has 0 atom stereocenters.